The summed E-state index contributed by atoms with van der Waals surface area (Å²) in [6, 6.07) is 17.4. The number of anilines is 1. The molecule has 5 N–H and O–H groups in total. The van der Waals surface area contributed by atoms with Gasteiger partial charge in [0, 0.05) is 55.0 Å². The van der Waals surface area contributed by atoms with E-state index in [1.54, 1.807) is 24.3 Å². The number of benzene rings is 4. The highest BCUT2D eigenvalue weighted by Crippen LogP contribution is 2.39. The molecule has 0 aliphatic heterocycles. The van der Waals surface area contributed by atoms with Gasteiger partial charge < -0.3 is 40.4 Å². The molecule has 1 atom stereocenters. The van der Waals surface area contributed by atoms with Gasteiger partial charge in [0.2, 0.25) is 11.8 Å². The molecule has 0 heterocycles. The van der Waals surface area contributed by atoms with Gasteiger partial charge in [-0.1, -0.05) is 64.1 Å². The summed E-state index contributed by atoms with van der Waals surface area (Å²) in [6.45, 7) is 9.84. The molecule has 0 fully saturated rings. The van der Waals surface area contributed by atoms with Crippen LogP contribution in [-0.4, -0.2) is 66.8 Å². The predicted octanol–water partition coefficient (Wildman–Crippen LogP) is 6.74. The van der Waals surface area contributed by atoms with Crippen LogP contribution in [0.25, 0.3) is 0 Å². The standard InChI is InChI=1S/C46H55N3O9/c1-7-15-57-43-29-11-9-13-31(43)20-35-24-38(49-46(55)39(17-27(3)4)48-28(5)50)25-36(42(35)53)21-32-14-10-12-30(44(32)58-16-8-2)19-34-23-37(22-33(18-29)41(34)52)45(54)47-26-40(51)56-6/h9-14,22-25,27,39,52-53H,7-8,15-21,26H2,1-6H3,(H,47,54)(H,48,50)(H,49,55). The number of fused-ring (bicyclic) bond motifs is 8. The molecule has 1 unspecified atom stereocenters. The Morgan fingerprint density at radius 3 is 1.55 bits per heavy atom. The number of esters is 1. The van der Waals surface area contributed by atoms with Gasteiger partial charge in [0.15, 0.2) is 0 Å². The van der Waals surface area contributed by atoms with Gasteiger partial charge in [0.25, 0.3) is 5.91 Å². The maximum absolute atomic E-state index is 13.7. The Morgan fingerprint density at radius 1 is 0.707 bits per heavy atom. The lowest BCUT2D eigenvalue weighted by Crippen LogP contribution is -2.43. The molecule has 5 rings (SSSR count). The van der Waals surface area contributed by atoms with Gasteiger partial charge in [-0.15, -0.1) is 0 Å². The maximum Gasteiger partial charge on any atom is 0.325 e. The number of ether oxygens (including phenoxy) is 3. The fraction of sp³-hybridized carbons (Fsp3) is 0.391. The van der Waals surface area contributed by atoms with E-state index in [1.807, 2.05) is 64.1 Å². The Hall–Kier alpha value is -6.04. The molecule has 0 saturated carbocycles. The highest BCUT2D eigenvalue weighted by molar-refractivity contribution is 5.97. The van der Waals surface area contributed by atoms with Crippen molar-refractivity contribution in [3.8, 4) is 23.0 Å². The normalized spacial score (nSPS) is 12.6. The van der Waals surface area contributed by atoms with Crippen LogP contribution in [0.5, 0.6) is 23.0 Å². The van der Waals surface area contributed by atoms with E-state index in [0.717, 1.165) is 35.1 Å². The van der Waals surface area contributed by atoms with Crippen LogP contribution in [-0.2, 0) is 44.8 Å². The zero-order valence-corrected chi connectivity index (χ0v) is 34.3. The molecule has 8 bridgehead atoms. The summed E-state index contributed by atoms with van der Waals surface area (Å²) in [6.07, 6.45) is 2.72. The SMILES string of the molecule is CCCOc1c2cccc1Cc1cc(C(=O)NCC(=O)OC)cc(c1O)Cc1cccc(c1OCCC)Cc1cc(NC(=O)C(CC(C)C)NC(C)=O)cc(c1O)C2. The van der Waals surface area contributed by atoms with Crippen molar-refractivity contribution in [2.45, 2.75) is 85.6 Å². The molecule has 12 nitrogen and oxygen atoms in total. The molecule has 0 aromatic heterocycles. The first-order chi connectivity index (χ1) is 27.8. The highest BCUT2D eigenvalue weighted by atomic mass is 16.5. The maximum atomic E-state index is 13.7. The number of para-hydroxylation sites is 2. The van der Waals surface area contributed by atoms with Crippen molar-refractivity contribution in [2.75, 3.05) is 32.2 Å². The van der Waals surface area contributed by atoms with E-state index in [9.17, 15) is 29.4 Å². The zero-order chi connectivity index (χ0) is 41.9. The van der Waals surface area contributed by atoms with Gasteiger partial charge in [-0.2, -0.15) is 0 Å². The fourth-order valence-corrected chi connectivity index (χ4v) is 7.20. The number of phenolic OH excluding ortho intramolecular Hbond substituents is 2. The Balaban J connectivity index is 1.72. The topological polar surface area (TPSA) is 173 Å². The second kappa shape index (κ2) is 19.9. The van der Waals surface area contributed by atoms with Crippen molar-refractivity contribution in [3.63, 3.8) is 0 Å². The minimum Gasteiger partial charge on any atom is -0.507 e. The average Bonchev–Trinajstić information content (AvgIpc) is 3.18. The molecule has 308 valence electrons. The summed E-state index contributed by atoms with van der Waals surface area (Å²) in [5, 5.41) is 32.4. The van der Waals surface area contributed by atoms with Crippen molar-refractivity contribution < 1.29 is 43.6 Å². The monoisotopic (exact) mass is 793 g/mol. The number of rotatable bonds is 14. The first-order valence-corrected chi connectivity index (χ1v) is 19.9. The molecule has 4 aromatic rings. The van der Waals surface area contributed by atoms with E-state index in [1.165, 1.54) is 14.0 Å². The molecule has 12 heteroatoms. The summed E-state index contributed by atoms with van der Waals surface area (Å²) in [7, 11) is 1.25. The van der Waals surface area contributed by atoms with E-state index in [2.05, 4.69) is 16.0 Å². The molecule has 58 heavy (non-hydrogen) atoms. The van der Waals surface area contributed by atoms with Crippen LogP contribution in [0.4, 0.5) is 5.69 Å². The van der Waals surface area contributed by atoms with E-state index in [-0.39, 0.29) is 67.0 Å². The molecule has 4 aromatic carbocycles. The molecule has 1 aliphatic rings. The third-order valence-corrected chi connectivity index (χ3v) is 9.87. The largest absolute Gasteiger partial charge is 0.507 e. The molecular weight excluding hydrogens is 739 g/mol. The number of phenols is 2. The molecular formula is C46H55N3O9. The number of methoxy groups -OCH3 is 1. The summed E-state index contributed by atoms with van der Waals surface area (Å²) in [4.78, 5) is 51.2. The summed E-state index contributed by atoms with van der Waals surface area (Å²) >= 11 is 0. The van der Waals surface area contributed by atoms with Crippen molar-refractivity contribution in [2.24, 2.45) is 5.92 Å². The summed E-state index contributed by atoms with van der Waals surface area (Å²) in [5.41, 5.74) is 5.78. The molecule has 3 amide bonds. The molecule has 0 spiro atoms. The van der Waals surface area contributed by atoms with Gasteiger partial charge in [-0.05, 0) is 82.8 Å². The highest BCUT2D eigenvalue weighted by Gasteiger charge is 2.25. The van der Waals surface area contributed by atoms with Crippen molar-refractivity contribution >= 4 is 29.4 Å². The van der Waals surface area contributed by atoms with E-state index in [0.29, 0.717) is 59.1 Å². The van der Waals surface area contributed by atoms with E-state index >= 15 is 0 Å². The predicted molar refractivity (Wildman–Crippen MR) is 222 cm³/mol. The number of carbonyl (C=O) groups excluding carboxylic acids is 4. The van der Waals surface area contributed by atoms with E-state index in [4.69, 9.17) is 14.2 Å². The first-order valence-electron chi connectivity index (χ1n) is 19.9. The van der Waals surface area contributed by atoms with Gasteiger partial charge in [-0.3, -0.25) is 19.2 Å². The second-order valence-corrected chi connectivity index (χ2v) is 15.1. The third-order valence-electron chi connectivity index (χ3n) is 9.87. The first kappa shape index (κ1) is 43.1. The van der Waals surface area contributed by atoms with Gasteiger partial charge >= 0.3 is 5.97 Å². The fourth-order valence-electron chi connectivity index (χ4n) is 7.20. The van der Waals surface area contributed by atoms with Crippen LogP contribution in [0.3, 0.4) is 0 Å². The second-order valence-electron chi connectivity index (χ2n) is 15.1. The number of hydrogen-bond donors (Lipinski definition) is 5. The van der Waals surface area contributed by atoms with Gasteiger partial charge in [-0.25, -0.2) is 0 Å². The minimum absolute atomic E-state index is 0.0218. The lowest BCUT2D eigenvalue weighted by atomic mass is 9.90. The van der Waals surface area contributed by atoms with Gasteiger partial charge in [0.05, 0.1) is 20.3 Å². The molecule has 0 radical (unpaired) electrons. The lowest BCUT2D eigenvalue weighted by molar-refractivity contribution is -0.139. The number of aromatic hydroxyl groups is 2. The van der Waals surface area contributed by atoms with Crippen molar-refractivity contribution in [1.29, 1.82) is 0 Å². The van der Waals surface area contributed by atoms with Gasteiger partial charge in [0.1, 0.15) is 35.6 Å². The summed E-state index contributed by atoms with van der Waals surface area (Å²) < 4.78 is 17.5. The Morgan fingerprint density at radius 2 is 1.16 bits per heavy atom. The van der Waals surface area contributed by atoms with Crippen molar-refractivity contribution in [3.05, 3.63) is 111 Å². The zero-order valence-electron chi connectivity index (χ0n) is 34.3. The van der Waals surface area contributed by atoms with Crippen LogP contribution in [0.15, 0.2) is 60.7 Å². The molecule has 0 saturated heterocycles. The Kier molecular flexibility index (Phi) is 14.8. The van der Waals surface area contributed by atoms with Crippen LogP contribution >= 0.6 is 0 Å². The summed E-state index contributed by atoms with van der Waals surface area (Å²) in [5.74, 6) is -0.380. The number of amides is 3. The van der Waals surface area contributed by atoms with Crippen LogP contribution in [0.2, 0.25) is 0 Å². The number of hydrogen-bond acceptors (Lipinski definition) is 9. The smallest absolute Gasteiger partial charge is 0.325 e. The van der Waals surface area contributed by atoms with Crippen molar-refractivity contribution in [1.82, 2.24) is 10.6 Å². The lowest BCUT2D eigenvalue weighted by Gasteiger charge is -2.22. The van der Waals surface area contributed by atoms with Crippen LogP contribution < -0.4 is 25.4 Å². The third kappa shape index (κ3) is 10.9. The Bertz CT molecular complexity index is 2040. The number of nitrogens with one attached hydrogen (secondary N) is 3. The van der Waals surface area contributed by atoms with Crippen LogP contribution in [0.1, 0.15) is 109 Å². The van der Waals surface area contributed by atoms with Crippen LogP contribution in [0, 0.1) is 5.92 Å². The van der Waals surface area contributed by atoms with E-state index < -0.39 is 17.9 Å². The molecule has 1 aliphatic carbocycles. The quantitative estimate of drug-likeness (QED) is 0.0603. The Labute approximate surface area is 340 Å². The average molecular weight is 794 g/mol. The number of carbonyl (C=O) groups is 4. The minimum atomic E-state index is -0.756.